The molecule has 0 unspecified atom stereocenters. The van der Waals surface area contributed by atoms with Gasteiger partial charge in [0.1, 0.15) is 11.5 Å². The minimum Gasteiger partial charge on any atom is -0.355 e. The SMILES string of the molecule is O=C(N1CC=C(c2cc3c(Nc4ccc(F)c(Cl)c4)ccnc3[nH]2)CC1)N1CCN(C2CCCC2)CC1. The number of pyridine rings is 1. The number of rotatable bonds is 4. The summed E-state index contributed by atoms with van der Waals surface area (Å²) in [5.41, 5.74) is 4.53. The maximum absolute atomic E-state index is 13.5. The van der Waals surface area contributed by atoms with Gasteiger partial charge in [-0.3, -0.25) is 4.90 Å². The first kappa shape index (κ1) is 24.2. The Kier molecular flexibility index (Phi) is 6.78. The van der Waals surface area contributed by atoms with Gasteiger partial charge in [0, 0.05) is 68.3 Å². The number of anilines is 2. The van der Waals surface area contributed by atoms with Crippen molar-refractivity contribution in [1.29, 1.82) is 0 Å². The van der Waals surface area contributed by atoms with Crippen LogP contribution in [0.4, 0.5) is 20.6 Å². The van der Waals surface area contributed by atoms with Crippen LogP contribution in [0.25, 0.3) is 16.6 Å². The van der Waals surface area contributed by atoms with E-state index < -0.39 is 5.82 Å². The van der Waals surface area contributed by atoms with E-state index in [2.05, 4.69) is 32.3 Å². The molecule has 9 heteroatoms. The van der Waals surface area contributed by atoms with Gasteiger partial charge in [-0.05, 0) is 55.2 Å². The molecule has 2 fully saturated rings. The molecular weight excluding hydrogens is 491 g/mol. The van der Waals surface area contributed by atoms with Crippen LogP contribution in [0.2, 0.25) is 5.02 Å². The molecular formula is C28H32ClFN6O. The van der Waals surface area contributed by atoms with Crippen molar-refractivity contribution >= 4 is 45.6 Å². The number of nitrogens with one attached hydrogen (secondary N) is 2. The summed E-state index contributed by atoms with van der Waals surface area (Å²) < 4.78 is 13.5. The smallest absolute Gasteiger partial charge is 0.320 e. The second-order valence-electron chi connectivity index (χ2n) is 10.2. The molecule has 6 rings (SSSR count). The summed E-state index contributed by atoms with van der Waals surface area (Å²) in [5, 5.41) is 4.34. The Labute approximate surface area is 221 Å². The molecule has 1 aromatic carbocycles. The van der Waals surface area contributed by atoms with E-state index >= 15 is 0 Å². The van der Waals surface area contributed by atoms with Crippen molar-refractivity contribution in [2.24, 2.45) is 0 Å². The van der Waals surface area contributed by atoms with E-state index in [0.717, 1.165) is 61.1 Å². The lowest BCUT2D eigenvalue weighted by molar-refractivity contribution is 0.0936. The molecule has 7 nitrogen and oxygen atoms in total. The number of fused-ring (bicyclic) bond motifs is 1. The highest BCUT2D eigenvalue weighted by Crippen LogP contribution is 2.31. The van der Waals surface area contributed by atoms with E-state index in [-0.39, 0.29) is 11.1 Å². The highest BCUT2D eigenvalue weighted by Gasteiger charge is 2.30. The van der Waals surface area contributed by atoms with Crippen LogP contribution in [0.15, 0.2) is 42.6 Å². The normalized spacial score (nSPS) is 19.5. The Bertz CT molecular complexity index is 1330. The molecule has 4 heterocycles. The van der Waals surface area contributed by atoms with Gasteiger partial charge < -0.3 is 20.1 Å². The molecule has 0 atom stereocenters. The zero-order valence-corrected chi connectivity index (χ0v) is 21.6. The molecule has 0 bridgehead atoms. The molecule has 2 N–H and O–H groups in total. The summed E-state index contributed by atoms with van der Waals surface area (Å²) >= 11 is 5.95. The van der Waals surface area contributed by atoms with Crippen molar-refractivity contribution in [3.8, 4) is 0 Å². The van der Waals surface area contributed by atoms with Gasteiger partial charge in [-0.15, -0.1) is 0 Å². The molecule has 0 radical (unpaired) electrons. The summed E-state index contributed by atoms with van der Waals surface area (Å²) in [7, 11) is 0. The largest absolute Gasteiger partial charge is 0.355 e. The Balaban J connectivity index is 1.11. The van der Waals surface area contributed by atoms with Crippen LogP contribution in [-0.4, -0.2) is 76.0 Å². The van der Waals surface area contributed by atoms with Crippen molar-refractivity contribution in [3.05, 3.63) is 59.1 Å². The Morgan fingerprint density at radius 1 is 1.05 bits per heavy atom. The molecule has 37 heavy (non-hydrogen) atoms. The van der Waals surface area contributed by atoms with Crippen LogP contribution >= 0.6 is 11.6 Å². The predicted molar refractivity (Wildman–Crippen MR) is 146 cm³/mol. The first-order valence-corrected chi connectivity index (χ1v) is 13.6. The number of aromatic amines is 1. The molecule has 2 aromatic heterocycles. The fourth-order valence-corrected chi connectivity index (χ4v) is 6.05. The number of H-pyrrole nitrogens is 1. The maximum Gasteiger partial charge on any atom is 0.320 e. The van der Waals surface area contributed by atoms with Crippen molar-refractivity contribution in [3.63, 3.8) is 0 Å². The Hall–Kier alpha value is -3.10. The quantitative estimate of drug-likeness (QED) is 0.450. The van der Waals surface area contributed by atoms with Crippen molar-refractivity contribution < 1.29 is 9.18 Å². The number of benzene rings is 1. The summed E-state index contributed by atoms with van der Waals surface area (Å²) in [6.45, 7) is 4.95. The van der Waals surface area contributed by atoms with Gasteiger partial charge in [0.05, 0.1) is 10.7 Å². The molecule has 0 spiro atoms. The lowest BCUT2D eigenvalue weighted by Crippen LogP contribution is -2.55. The van der Waals surface area contributed by atoms with E-state index in [9.17, 15) is 9.18 Å². The number of amides is 2. The fraction of sp³-hybridized carbons (Fsp3) is 0.429. The first-order valence-electron chi connectivity index (χ1n) is 13.2. The summed E-state index contributed by atoms with van der Waals surface area (Å²) in [4.78, 5) is 27.7. The number of nitrogens with zero attached hydrogens (tertiary/aromatic N) is 4. The summed E-state index contributed by atoms with van der Waals surface area (Å²) in [5.74, 6) is -0.445. The lowest BCUT2D eigenvalue weighted by Gasteiger charge is -2.40. The number of halogens is 2. The van der Waals surface area contributed by atoms with Crippen molar-refractivity contribution in [1.82, 2.24) is 24.7 Å². The summed E-state index contributed by atoms with van der Waals surface area (Å²) in [6, 6.07) is 9.43. The number of piperazine rings is 1. The number of carbonyl (C=O) groups excluding carboxylic acids is 1. The van der Waals surface area contributed by atoms with Crippen LogP contribution in [0.3, 0.4) is 0 Å². The average Bonchev–Trinajstić information content (AvgIpc) is 3.62. The van der Waals surface area contributed by atoms with E-state index in [1.165, 1.54) is 37.3 Å². The minimum atomic E-state index is -0.445. The van der Waals surface area contributed by atoms with Gasteiger partial charge in [-0.25, -0.2) is 14.2 Å². The number of hydrogen-bond donors (Lipinski definition) is 2. The monoisotopic (exact) mass is 522 g/mol. The number of urea groups is 1. The van der Waals surface area contributed by atoms with Crippen LogP contribution < -0.4 is 5.32 Å². The van der Waals surface area contributed by atoms with Crippen LogP contribution in [0.1, 0.15) is 37.8 Å². The predicted octanol–water partition coefficient (Wildman–Crippen LogP) is 5.87. The van der Waals surface area contributed by atoms with Gasteiger partial charge >= 0.3 is 6.03 Å². The van der Waals surface area contributed by atoms with Crippen LogP contribution in [0, 0.1) is 5.82 Å². The molecule has 2 aliphatic heterocycles. The van der Waals surface area contributed by atoms with E-state index in [1.54, 1.807) is 18.3 Å². The first-order chi connectivity index (χ1) is 18.0. The molecule has 3 aliphatic rings. The third kappa shape index (κ3) is 5.05. The molecule has 194 valence electrons. The fourth-order valence-electron chi connectivity index (χ4n) is 5.87. The minimum absolute atomic E-state index is 0.0761. The van der Waals surface area contributed by atoms with Gasteiger partial charge in [-0.1, -0.05) is 30.5 Å². The van der Waals surface area contributed by atoms with Crippen molar-refractivity contribution in [2.45, 2.75) is 38.1 Å². The molecule has 2 amide bonds. The summed E-state index contributed by atoms with van der Waals surface area (Å²) in [6.07, 6.45) is 9.99. The Morgan fingerprint density at radius 3 is 2.59 bits per heavy atom. The average molecular weight is 523 g/mol. The molecule has 1 saturated heterocycles. The molecule has 1 saturated carbocycles. The van der Waals surface area contributed by atoms with Gasteiger partial charge in [0.25, 0.3) is 0 Å². The van der Waals surface area contributed by atoms with E-state index in [4.69, 9.17) is 11.6 Å². The second kappa shape index (κ2) is 10.3. The van der Waals surface area contributed by atoms with E-state index in [1.807, 2.05) is 15.9 Å². The topological polar surface area (TPSA) is 67.5 Å². The third-order valence-electron chi connectivity index (χ3n) is 7.98. The standard InChI is InChI=1S/C28H32ClFN6O/c29-23-17-20(5-6-24(23)30)32-25-7-10-31-27-22(25)18-26(33-27)19-8-11-35(12-9-19)28(37)36-15-13-34(14-16-36)21-3-1-2-4-21/h5-8,10,17-18,21H,1-4,9,11-16H2,(H2,31,32,33). The zero-order chi connectivity index (χ0) is 25.4. The number of hydrogen-bond acceptors (Lipinski definition) is 4. The highest BCUT2D eigenvalue weighted by molar-refractivity contribution is 6.31. The van der Waals surface area contributed by atoms with Crippen LogP contribution in [-0.2, 0) is 0 Å². The van der Waals surface area contributed by atoms with Gasteiger partial charge in [0.2, 0.25) is 0 Å². The highest BCUT2D eigenvalue weighted by atomic mass is 35.5. The lowest BCUT2D eigenvalue weighted by atomic mass is 10.0. The Morgan fingerprint density at radius 2 is 1.86 bits per heavy atom. The zero-order valence-electron chi connectivity index (χ0n) is 20.9. The molecule has 1 aliphatic carbocycles. The molecule has 3 aromatic rings. The van der Waals surface area contributed by atoms with Crippen molar-refractivity contribution in [2.75, 3.05) is 44.6 Å². The number of carbonyl (C=O) groups is 1. The van der Waals surface area contributed by atoms with Gasteiger partial charge in [-0.2, -0.15) is 0 Å². The van der Waals surface area contributed by atoms with Crippen LogP contribution in [0.5, 0.6) is 0 Å². The third-order valence-corrected chi connectivity index (χ3v) is 8.27. The van der Waals surface area contributed by atoms with Gasteiger partial charge in [0.15, 0.2) is 0 Å². The maximum atomic E-state index is 13.5. The second-order valence-corrected chi connectivity index (χ2v) is 10.6. The van der Waals surface area contributed by atoms with E-state index in [0.29, 0.717) is 18.8 Å². The number of aromatic nitrogens is 2.